The fourth-order valence-electron chi connectivity index (χ4n) is 3.04. The van der Waals surface area contributed by atoms with Crippen LogP contribution in [0.2, 0.25) is 0 Å². The van der Waals surface area contributed by atoms with Gasteiger partial charge < -0.3 is 14.2 Å². The molecule has 0 N–H and O–H groups in total. The van der Waals surface area contributed by atoms with Crippen LogP contribution in [0.1, 0.15) is 44.4 Å². The van der Waals surface area contributed by atoms with Gasteiger partial charge in [0.05, 0.1) is 24.8 Å². The van der Waals surface area contributed by atoms with Crippen LogP contribution in [0.5, 0.6) is 11.5 Å². The molecule has 0 aromatic heterocycles. The fourth-order valence-corrected chi connectivity index (χ4v) is 3.04. The summed E-state index contributed by atoms with van der Waals surface area (Å²) in [5.41, 5.74) is 1.24. The first-order valence-corrected chi connectivity index (χ1v) is 9.35. The van der Waals surface area contributed by atoms with Crippen LogP contribution in [0.15, 0.2) is 42.5 Å². The lowest BCUT2D eigenvalue weighted by Gasteiger charge is -2.14. The van der Waals surface area contributed by atoms with E-state index in [1.54, 1.807) is 36.4 Å². The molecule has 2 aromatic carbocycles. The summed E-state index contributed by atoms with van der Waals surface area (Å²) in [6.07, 6.45) is 0.313. The summed E-state index contributed by atoms with van der Waals surface area (Å²) in [6, 6.07) is 11.3. The highest BCUT2D eigenvalue weighted by atomic mass is 16.6. The van der Waals surface area contributed by atoms with E-state index in [0.29, 0.717) is 34.6 Å². The van der Waals surface area contributed by atoms with Crippen molar-refractivity contribution in [3.63, 3.8) is 0 Å². The molecule has 0 aliphatic carbocycles. The number of fused-ring (bicyclic) bond motifs is 1. The second-order valence-electron chi connectivity index (χ2n) is 6.59. The third kappa shape index (κ3) is 4.48. The van der Waals surface area contributed by atoms with Crippen LogP contribution < -0.4 is 9.47 Å². The Morgan fingerprint density at radius 2 is 1.63 bits per heavy atom. The SMILES string of the molecule is COc1cc(C(C)=O)ccc1OCC(=O)OCCCN1C(=O)c2ccccc2C1=O. The minimum Gasteiger partial charge on any atom is -0.493 e. The maximum absolute atomic E-state index is 12.3. The van der Waals surface area contributed by atoms with E-state index in [4.69, 9.17) is 14.2 Å². The van der Waals surface area contributed by atoms with E-state index in [9.17, 15) is 19.2 Å². The second kappa shape index (κ2) is 9.21. The lowest BCUT2D eigenvalue weighted by atomic mass is 10.1. The van der Waals surface area contributed by atoms with Gasteiger partial charge in [0.25, 0.3) is 11.8 Å². The van der Waals surface area contributed by atoms with Crippen molar-refractivity contribution in [1.82, 2.24) is 4.90 Å². The molecule has 0 saturated heterocycles. The van der Waals surface area contributed by atoms with Crippen LogP contribution in [0.25, 0.3) is 0 Å². The smallest absolute Gasteiger partial charge is 0.344 e. The number of nitrogens with zero attached hydrogens (tertiary/aromatic N) is 1. The molecule has 0 unspecified atom stereocenters. The number of rotatable bonds is 9. The monoisotopic (exact) mass is 411 g/mol. The van der Waals surface area contributed by atoms with Gasteiger partial charge in [0.15, 0.2) is 23.9 Å². The van der Waals surface area contributed by atoms with Crippen molar-refractivity contribution in [3.8, 4) is 11.5 Å². The summed E-state index contributed by atoms with van der Waals surface area (Å²) >= 11 is 0. The van der Waals surface area contributed by atoms with E-state index in [-0.39, 0.29) is 37.4 Å². The molecule has 0 spiro atoms. The maximum Gasteiger partial charge on any atom is 0.344 e. The highest BCUT2D eigenvalue weighted by Gasteiger charge is 2.34. The Hall–Kier alpha value is -3.68. The average Bonchev–Trinajstić information content (AvgIpc) is 2.99. The Morgan fingerprint density at radius 3 is 2.23 bits per heavy atom. The first kappa shape index (κ1) is 21.0. The molecule has 0 fully saturated rings. The molecule has 30 heavy (non-hydrogen) atoms. The molecular formula is C22H21NO7. The highest BCUT2D eigenvalue weighted by molar-refractivity contribution is 6.21. The summed E-state index contributed by atoms with van der Waals surface area (Å²) < 4.78 is 15.7. The van der Waals surface area contributed by atoms with Gasteiger partial charge in [0.2, 0.25) is 0 Å². The van der Waals surface area contributed by atoms with E-state index in [2.05, 4.69) is 0 Å². The van der Waals surface area contributed by atoms with Gasteiger partial charge >= 0.3 is 5.97 Å². The number of Topliss-reactive ketones (excluding diaryl/α,β-unsaturated/α-hetero) is 1. The van der Waals surface area contributed by atoms with Gasteiger partial charge in [-0.2, -0.15) is 0 Å². The Kier molecular flexibility index (Phi) is 6.46. The number of hydrogen-bond acceptors (Lipinski definition) is 7. The molecule has 2 amide bonds. The number of imide groups is 1. The number of amides is 2. The number of ketones is 1. The Labute approximate surface area is 173 Å². The van der Waals surface area contributed by atoms with Gasteiger partial charge in [-0.1, -0.05) is 12.1 Å². The van der Waals surface area contributed by atoms with Crippen molar-refractivity contribution in [1.29, 1.82) is 0 Å². The van der Waals surface area contributed by atoms with Crippen LogP contribution >= 0.6 is 0 Å². The third-order valence-electron chi connectivity index (χ3n) is 4.58. The standard InChI is InChI=1S/C22H21NO7/c1-14(24)15-8-9-18(19(12-15)28-2)30-13-20(25)29-11-5-10-23-21(26)16-6-3-4-7-17(16)22(23)27/h3-4,6-9,12H,5,10-11,13H2,1-2H3. The Balaban J connectivity index is 1.44. The molecule has 156 valence electrons. The molecular weight excluding hydrogens is 390 g/mol. The second-order valence-corrected chi connectivity index (χ2v) is 6.59. The van der Waals surface area contributed by atoms with Gasteiger partial charge in [-0.05, 0) is 43.7 Å². The molecule has 8 heteroatoms. The number of methoxy groups -OCH3 is 1. The van der Waals surface area contributed by atoms with E-state index in [0.717, 1.165) is 4.90 Å². The van der Waals surface area contributed by atoms with Crippen LogP contribution in [0.4, 0.5) is 0 Å². The molecule has 0 radical (unpaired) electrons. The van der Waals surface area contributed by atoms with Gasteiger partial charge in [-0.3, -0.25) is 19.3 Å². The zero-order chi connectivity index (χ0) is 21.7. The predicted octanol–water partition coefficient (Wildman–Crippen LogP) is 2.51. The molecule has 0 bridgehead atoms. The predicted molar refractivity (Wildman–Crippen MR) is 106 cm³/mol. The topological polar surface area (TPSA) is 99.2 Å². The van der Waals surface area contributed by atoms with E-state index >= 15 is 0 Å². The Bertz CT molecular complexity index is 964. The van der Waals surface area contributed by atoms with Crippen LogP contribution in [-0.2, 0) is 9.53 Å². The summed E-state index contributed by atoms with van der Waals surface area (Å²) in [7, 11) is 1.43. The molecule has 3 rings (SSSR count). The van der Waals surface area contributed by atoms with Crippen LogP contribution in [0.3, 0.4) is 0 Å². The average molecular weight is 411 g/mol. The van der Waals surface area contributed by atoms with Crippen LogP contribution in [0, 0.1) is 0 Å². The first-order valence-electron chi connectivity index (χ1n) is 9.35. The number of benzene rings is 2. The minimum atomic E-state index is -0.602. The van der Waals surface area contributed by atoms with Crippen molar-refractivity contribution in [2.75, 3.05) is 26.9 Å². The zero-order valence-corrected chi connectivity index (χ0v) is 16.7. The van der Waals surface area contributed by atoms with E-state index in [1.807, 2.05) is 0 Å². The summed E-state index contributed by atoms with van der Waals surface area (Å²) in [5, 5.41) is 0. The molecule has 0 atom stereocenters. The first-order chi connectivity index (χ1) is 14.4. The molecule has 8 nitrogen and oxygen atoms in total. The highest BCUT2D eigenvalue weighted by Crippen LogP contribution is 2.28. The number of ether oxygens (including phenoxy) is 3. The molecule has 1 aliphatic heterocycles. The fraction of sp³-hybridized carbons (Fsp3) is 0.273. The van der Waals surface area contributed by atoms with Gasteiger partial charge in [-0.15, -0.1) is 0 Å². The number of carbonyl (C=O) groups is 4. The lowest BCUT2D eigenvalue weighted by Crippen LogP contribution is -2.31. The normalized spacial score (nSPS) is 12.5. The summed E-state index contributed by atoms with van der Waals surface area (Å²) in [6.45, 7) is 1.29. The van der Waals surface area contributed by atoms with Crippen molar-refractivity contribution < 1.29 is 33.4 Å². The van der Waals surface area contributed by atoms with E-state index < -0.39 is 5.97 Å². The van der Waals surface area contributed by atoms with Gasteiger partial charge in [0.1, 0.15) is 0 Å². The molecule has 1 aliphatic rings. The number of esters is 1. The lowest BCUT2D eigenvalue weighted by molar-refractivity contribution is -0.146. The zero-order valence-electron chi connectivity index (χ0n) is 16.7. The molecule has 1 heterocycles. The van der Waals surface area contributed by atoms with Crippen molar-refractivity contribution in [2.45, 2.75) is 13.3 Å². The summed E-state index contributed by atoms with van der Waals surface area (Å²) in [4.78, 5) is 49.0. The molecule has 0 saturated carbocycles. The third-order valence-corrected chi connectivity index (χ3v) is 4.58. The maximum atomic E-state index is 12.3. The summed E-state index contributed by atoms with van der Waals surface area (Å²) in [5.74, 6) is -0.753. The quantitative estimate of drug-likeness (QED) is 0.271. The minimum absolute atomic E-state index is 0.0377. The Morgan fingerprint density at radius 1 is 0.967 bits per heavy atom. The number of carbonyl (C=O) groups excluding carboxylic acids is 4. The van der Waals surface area contributed by atoms with Gasteiger partial charge in [-0.25, -0.2) is 4.79 Å². The van der Waals surface area contributed by atoms with E-state index in [1.165, 1.54) is 20.1 Å². The van der Waals surface area contributed by atoms with Crippen molar-refractivity contribution in [3.05, 3.63) is 59.2 Å². The van der Waals surface area contributed by atoms with Crippen molar-refractivity contribution >= 4 is 23.6 Å². The number of hydrogen-bond donors (Lipinski definition) is 0. The van der Waals surface area contributed by atoms with Crippen LogP contribution in [-0.4, -0.2) is 55.3 Å². The van der Waals surface area contributed by atoms with Crippen molar-refractivity contribution in [2.24, 2.45) is 0 Å². The largest absolute Gasteiger partial charge is 0.493 e. The molecule has 2 aromatic rings. The van der Waals surface area contributed by atoms with Gasteiger partial charge in [0, 0.05) is 12.1 Å².